The number of nitro groups is 2. The van der Waals surface area contributed by atoms with Gasteiger partial charge in [0.15, 0.2) is 5.75 Å². The molecule has 146 valence electrons. The van der Waals surface area contributed by atoms with Crippen LogP contribution in [-0.4, -0.2) is 37.5 Å². The number of allylic oxidation sites excluding steroid dienone is 1. The summed E-state index contributed by atoms with van der Waals surface area (Å²) in [5.74, 6) is -3.18. The van der Waals surface area contributed by atoms with E-state index in [4.69, 9.17) is 0 Å². The molecule has 30 heavy (non-hydrogen) atoms. The Morgan fingerprint density at radius 1 is 1.07 bits per heavy atom. The van der Waals surface area contributed by atoms with E-state index in [9.17, 15) is 40.0 Å². The molecule has 2 N–H and O–H groups in total. The number of carbonyl (C=O) groups is 2. The predicted octanol–water partition coefficient (Wildman–Crippen LogP) is -0.171. The van der Waals surface area contributed by atoms with Crippen LogP contribution in [0.25, 0.3) is 5.43 Å². The molecule has 1 aliphatic carbocycles. The van der Waals surface area contributed by atoms with Crippen LogP contribution < -0.4 is 29.6 Å². The first-order chi connectivity index (χ1) is 13.7. The third-order valence-electron chi connectivity index (χ3n) is 3.93. The SMILES string of the molecule is O=C(O)C1=CC(=N[N-]c2cc([N+](=O)[O-])cc([N+](=O)[O-])c2O)c2ccccc2C1=O.[Na+]. The van der Waals surface area contributed by atoms with E-state index in [0.29, 0.717) is 6.07 Å². The molecular weight excluding hydrogens is 411 g/mol. The van der Waals surface area contributed by atoms with E-state index < -0.39 is 50.0 Å². The average molecular weight is 420 g/mol. The Morgan fingerprint density at radius 3 is 2.27 bits per heavy atom. The van der Waals surface area contributed by atoms with Crippen molar-refractivity contribution in [2.75, 3.05) is 0 Å². The smallest absolute Gasteiger partial charge is 0.572 e. The number of benzene rings is 2. The van der Waals surface area contributed by atoms with Gasteiger partial charge in [0.1, 0.15) is 5.57 Å². The Hall–Kier alpha value is -3.61. The maximum absolute atomic E-state index is 12.2. The second-order valence-corrected chi connectivity index (χ2v) is 5.67. The molecule has 0 aliphatic heterocycles. The summed E-state index contributed by atoms with van der Waals surface area (Å²) in [6.45, 7) is 0. The maximum Gasteiger partial charge on any atom is 1.00 e. The van der Waals surface area contributed by atoms with Crippen LogP contribution in [0.4, 0.5) is 17.1 Å². The number of nitro benzene ring substituents is 2. The summed E-state index contributed by atoms with van der Waals surface area (Å²) >= 11 is 0. The number of phenolic OH excluding ortho intramolecular Hbond substituents is 1. The minimum atomic E-state index is -1.49. The van der Waals surface area contributed by atoms with Crippen molar-refractivity contribution in [3.8, 4) is 5.75 Å². The van der Waals surface area contributed by atoms with E-state index in [1.54, 1.807) is 6.07 Å². The summed E-state index contributed by atoms with van der Waals surface area (Å²) in [7, 11) is 0. The third-order valence-corrected chi connectivity index (χ3v) is 3.93. The first-order valence-electron chi connectivity index (χ1n) is 7.74. The van der Waals surface area contributed by atoms with Gasteiger partial charge in [-0.2, -0.15) is 0 Å². The van der Waals surface area contributed by atoms with Gasteiger partial charge in [-0.05, 0) is 6.08 Å². The standard InChI is InChI=1S/C17H10N4O8.Na/c22-15-10-4-2-1-3-9(10)12(7-11(15)17(24)25)18-19-13-5-8(20(26)27)6-14(16(13)23)21(28)29;/h1-7H,(H3,18,19,22,23,24,25);/q;+1/p-1. The van der Waals surface area contributed by atoms with Crippen molar-refractivity contribution in [3.05, 3.63) is 84.8 Å². The third kappa shape index (κ3) is 4.20. The molecule has 12 nitrogen and oxygen atoms in total. The number of hydrogen-bond acceptors (Lipinski definition) is 8. The molecule has 3 rings (SSSR count). The Labute approximate surface area is 189 Å². The molecule has 2 aromatic carbocycles. The largest absolute Gasteiger partial charge is 1.00 e. The number of non-ortho nitro benzene ring substituents is 1. The number of rotatable bonds is 5. The van der Waals surface area contributed by atoms with Crippen molar-refractivity contribution in [3.63, 3.8) is 0 Å². The van der Waals surface area contributed by atoms with E-state index in [2.05, 4.69) is 10.5 Å². The van der Waals surface area contributed by atoms with Crippen LogP contribution in [0.1, 0.15) is 15.9 Å². The second kappa shape index (κ2) is 8.82. The van der Waals surface area contributed by atoms with E-state index in [0.717, 1.165) is 12.1 Å². The molecule has 1 aliphatic rings. The van der Waals surface area contributed by atoms with Crippen LogP contribution in [0, 0.1) is 20.2 Å². The van der Waals surface area contributed by atoms with Gasteiger partial charge in [0, 0.05) is 17.2 Å². The van der Waals surface area contributed by atoms with Gasteiger partial charge < -0.3 is 20.7 Å². The number of Topliss-reactive ketones (excluding diaryl/α,β-unsaturated/α-hetero) is 1. The Bertz CT molecular complexity index is 1160. The molecule has 0 heterocycles. The molecule has 0 saturated heterocycles. The van der Waals surface area contributed by atoms with Crippen molar-refractivity contribution in [1.29, 1.82) is 0 Å². The number of aromatic hydroxyl groups is 1. The second-order valence-electron chi connectivity index (χ2n) is 5.67. The van der Waals surface area contributed by atoms with Crippen LogP contribution in [0.2, 0.25) is 0 Å². The van der Waals surface area contributed by atoms with Gasteiger partial charge in [-0.1, -0.05) is 30.0 Å². The zero-order chi connectivity index (χ0) is 21.3. The number of aliphatic carboxylic acids is 1. The minimum Gasteiger partial charge on any atom is -0.572 e. The number of fused-ring (bicyclic) bond motifs is 1. The van der Waals surface area contributed by atoms with E-state index in [-0.39, 0.29) is 46.4 Å². The molecule has 0 amide bonds. The summed E-state index contributed by atoms with van der Waals surface area (Å²) in [4.78, 5) is 43.6. The van der Waals surface area contributed by atoms with Gasteiger partial charge in [0.2, 0.25) is 5.78 Å². The molecule has 0 bridgehead atoms. The number of hydrogen-bond donors (Lipinski definition) is 2. The van der Waals surface area contributed by atoms with Crippen LogP contribution in [0.5, 0.6) is 5.75 Å². The molecule has 0 unspecified atom stereocenters. The van der Waals surface area contributed by atoms with Gasteiger partial charge >= 0.3 is 41.2 Å². The summed E-state index contributed by atoms with van der Waals surface area (Å²) in [6, 6.07) is 7.29. The number of ketones is 1. The van der Waals surface area contributed by atoms with Crippen molar-refractivity contribution >= 4 is 34.5 Å². The molecule has 0 radical (unpaired) electrons. The van der Waals surface area contributed by atoms with E-state index in [1.807, 2.05) is 0 Å². The number of phenols is 1. The van der Waals surface area contributed by atoms with Crippen LogP contribution in [0.3, 0.4) is 0 Å². The van der Waals surface area contributed by atoms with Crippen molar-refractivity contribution < 1.29 is 59.2 Å². The molecule has 2 aromatic rings. The summed E-state index contributed by atoms with van der Waals surface area (Å²) in [6.07, 6.45) is 0.958. The Morgan fingerprint density at radius 2 is 1.70 bits per heavy atom. The first-order valence-corrected chi connectivity index (χ1v) is 7.74. The Kier molecular flexibility index (Phi) is 6.66. The monoisotopic (exact) mass is 420 g/mol. The van der Waals surface area contributed by atoms with Crippen molar-refractivity contribution in [2.45, 2.75) is 0 Å². The number of carboxylic acids is 1. The zero-order valence-electron chi connectivity index (χ0n) is 15.2. The molecule has 0 atom stereocenters. The number of nitrogens with zero attached hydrogens (tertiary/aromatic N) is 4. The minimum absolute atomic E-state index is 0. The van der Waals surface area contributed by atoms with Gasteiger partial charge in [-0.3, -0.25) is 25.0 Å². The van der Waals surface area contributed by atoms with Gasteiger partial charge in [-0.25, -0.2) is 4.79 Å². The topological polar surface area (TPSA) is 187 Å². The van der Waals surface area contributed by atoms with Gasteiger partial charge in [-0.15, -0.1) is 0 Å². The summed E-state index contributed by atoms with van der Waals surface area (Å²) < 4.78 is 0. The van der Waals surface area contributed by atoms with Crippen LogP contribution in [-0.2, 0) is 4.79 Å². The van der Waals surface area contributed by atoms with E-state index in [1.165, 1.54) is 18.2 Å². The molecule has 13 heteroatoms. The van der Waals surface area contributed by atoms with Gasteiger partial charge in [0.05, 0.1) is 21.6 Å². The fourth-order valence-electron chi connectivity index (χ4n) is 2.59. The average Bonchev–Trinajstić information content (AvgIpc) is 2.67. The quantitative estimate of drug-likeness (QED) is 0.288. The number of carboxylic acid groups (broad SMARTS) is 1. The number of carbonyl (C=O) groups excluding carboxylic acids is 1. The molecular formula is C17H9N4NaO8. The summed E-state index contributed by atoms with van der Waals surface area (Å²) in [5.41, 5.74) is 1.04. The van der Waals surface area contributed by atoms with Crippen LogP contribution >= 0.6 is 0 Å². The van der Waals surface area contributed by atoms with Crippen molar-refractivity contribution in [2.24, 2.45) is 5.10 Å². The van der Waals surface area contributed by atoms with Crippen LogP contribution in [0.15, 0.2) is 53.1 Å². The predicted molar refractivity (Wildman–Crippen MR) is 97.5 cm³/mol. The fourth-order valence-corrected chi connectivity index (χ4v) is 2.59. The maximum atomic E-state index is 12.2. The van der Waals surface area contributed by atoms with Gasteiger partial charge in [0.25, 0.3) is 5.69 Å². The normalized spacial score (nSPS) is 13.7. The molecule has 0 fully saturated rings. The summed E-state index contributed by atoms with van der Waals surface area (Å²) in [5, 5.41) is 44.9. The Balaban J connectivity index is 0.00000320. The molecule has 0 aromatic heterocycles. The molecule has 0 saturated carbocycles. The van der Waals surface area contributed by atoms with E-state index >= 15 is 0 Å². The zero-order valence-corrected chi connectivity index (χ0v) is 17.2. The fraction of sp³-hybridized carbons (Fsp3) is 0. The van der Waals surface area contributed by atoms with Crippen molar-refractivity contribution in [1.82, 2.24) is 0 Å². The first kappa shape index (κ1) is 22.7. The molecule has 0 spiro atoms.